The Balaban J connectivity index is 1.16. The average molecular weight is 548 g/mol. The molecule has 9 nitrogen and oxygen atoms in total. The summed E-state index contributed by atoms with van der Waals surface area (Å²) in [5.41, 5.74) is 5.56. The van der Waals surface area contributed by atoms with E-state index in [-0.39, 0.29) is 17.8 Å². The molecule has 0 N–H and O–H groups in total. The highest BCUT2D eigenvalue weighted by atomic mass is 16.6. The van der Waals surface area contributed by atoms with Crippen LogP contribution >= 0.6 is 0 Å². The van der Waals surface area contributed by atoms with Crippen LogP contribution in [0.1, 0.15) is 39.2 Å². The SMILES string of the molecule is CCOC1(c2ccc(-c3cc4c(N5CCN(C(=O)OC6COC6)CC5)ccnn4c3)cc2)CCN(C(C)C)CC1. The zero-order valence-corrected chi connectivity index (χ0v) is 23.9. The molecule has 0 saturated carbocycles. The summed E-state index contributed by atoms with van der Waals surface area (Å²) < 4.78 is 19.0. The van der Waals surface area contributed by atoms with Gasteiger partial charge in [-0.05, 0) is 56.9 Å². The number of ether oxygens (including phenoxy) is 3. The van der Waals surface area contributed by atoms with Crippen molar-refractivity contribution >= 4 is 17.3 Å². The number of hydrogen-bond donors (Lipinski definition) is 0. The summed E-state index contributed by atoms with van der Waals surface area (Å²) in [4.78, 5) is 19.1. The van der Waals surface area contributed by atoms with Gasteiger partial charge in [-0.15, -0.1) is 0 Å². The van der Waals surface area contributed by atoms with E-state index in [1.165, 1.54) is 11.1 Å². The molecule has 0 spiro atoms. The maximum absolute atomic E-state index is 12.4. The molecule has 3 aliphatic rings. The van der Waals surface area contributed by atoms with Crippen LogP contribution in [-0.4, -0.2) is 96.7 Å². The molecule has 0 bridgehead atoms. The van der Waals surface area contributed by atoms with E-state index in [0.29, 0.717) is 39.0 Å². The van der Waals surface area contributed by atoms with Crippen molar-refractivity contribution in [1.29, 1.82) is 0 Å². The Morgan fingerprint density at radius 1 is 1.02 bits per heavy atom. The minimum Gasteiger partial charge on any atom is -0.441 e. The number of fused-ring (bicyclic) bond motifs is 1. The van der Waals surface area contributed by atoms with Crippen molar-refractivity contribution in [3.8, 4) is 11.1 Å². The van der Waals surface area contributed by atoms with Crippen molar-refractivity contribution < 1.29 is 19.0 Å². The summed E-state index contributed by atoms with van der Waals surface area (Å²) >= 11 is 0. The number of piperazine rings is 1. The maximum Gasteiger partial charge on any atom is 0.410 e. The van der Waals surface area contributed by atoms with Gasteiger partial charge in [0.15, 0.2) is 6.10 Å². The first-order valence-electron chi connectivity index (χ1n) is 14.7. The number of aromatic nitrogens is 2. The normalized spacial score (nSPS) is 20.2. The van der Waals surface area contributed by atoms with Crippen molar-refractivity contribution in [2.75, 3.05) is 64.0 Å². The fraction of sp³-hybridized carbons (Fsp3) is 0.548. The second kappa shape index (κ2) is 11.4. The van der Waals surface area contributed by atoms with E-state index in [1.54, 1.807) is 4.90 Å². The lowest BCUT2D eigenvalue weighted by Crippen LogP contribution is -2.51. The first-order chi connectivity index (χ1) is 19.5. The van der Waals surface area contributed by atoms with Gasteiger partial charge >= 0.3 is 6.09 Å². The third-order valence-corrected chi connectivity index (χ3v) is 8.74. The van der Waals surface area contributed by atoms with Crippen molar-refractivity contribution in [3.63, 3.8) is 0 Å². The fourth-order valence-electron chi connectivity index (χ4n) is 6.22. The molecular formula is C31H41N5O4. The standard InChI is InChI=1S/C31H41N5O4/c1-4-39-31(10-13-33(14-11-31)23(2)3)26-7-5-24(6-8-26)25-19-29-28(9-12-32-36(29)20-25)34-15-17-35(18-16-34)30(37)40-27-21-38-22-27/h5-9,12,19-20,23,27H,4,10-11,13-18,21-22H2,1-3H3. The molecule has 2 aromatic heterocycles. The van der Waals surface area contributed by atoms with Crippen LogP contribution in [0.2, 0.25) is 0 Å². The van der Waals surface area contributed by atoms with E-state index < -0.39 is 0 Å². The van der Waals surface area contributed by atoms with Gasteiger partial charge in [-0.3, -0.25) is 0 Å². The number of anilines is 1. The summed E-state index contributed by atoms with van der Waals surface area (Å²) in [6.45, 7) is 13.2. The lowest BCUT2D eigenvalue weighted by Gasteiger charge is -2.43. The minimum absolute atomic E-state index is 0.0961. The highest BCUT2D eigenvalue weighted by molar-refractivity contribution is 5.80. The van der Waals surface area contributed by atoms with Crippen molar-refractivity contribution in [2.45, 2.75) is 51.4 Å². The van der Waals surface area contributed by atoms with Crippen molar-refractivity contribution in [1.82, 2.24) is 19.4 Å². The quantitative estimate of drug-likeness (QED) is 0.434. The number of amides is 1. The molecule has 6 rings (SSSR count). The van der Waals surface area contributed by atoms with E-state index >= 15 is 0 Å². The summed E-state index contributed by atoms with van der Waals surface area (Å²) in [5.74, 6) is 0. The van der Waals surface area contributed by atoms with Crippen LogP contribution in [0, 0.1) is 0 Å². The summed E-state index contributed by atoms with van der Waals surface area (Å²) in [7, 11) is 0. The monoisotopic (exact) mass is 547 g/mol. The number of hydrogen-bond acceptors (Lipinski definition) is 7. The fourth-order valence-corrected chi connectivity index (χ4v) is 6.22. The second-order valence-corrected chi connectivity index (χ2v) is 11.4. The molecule has 3 aromatic rings. The predicted molar refractivity (Wildman–Crippen MR) is 155 cm³/mol. The van der Waals surface area contributed by atoms with Gasteiger partial charge < -0.3 is 28.9 Å². The minimum atomic E-state index is -0.238. The van der Waals surface area contributed by atoms with E-state index in [1.807, 2.05) is 10.7 Å². The van der Waals surface area contributed by atoms with Gasteiger partial charge in [0.1, 0.15) is 0 Å². The molecule has 214 valence electrons. The van der Waals surface area contributed by atoms with E-state index in [4.69, 9.17) is 14.2 Å². The number of likely N-dealkylation sites (tertiary alicyclic amines) is 1. The van der Waals surface area contributed by atoms with Crippen LogP contribution < -0.4 is 4.90 Å². The van der Waals surface area contributed by atoms with E-state index in [2.05, 4.69) is 78.3 Å². The van der Waals surface area contributed by atoms with Crippen LogP contribution in [0.15, 0.2) is 48.8 Å². The molecule has 3 saturated heterocycles. The third kappa shape index (κ3) is 5.30. The van der Waals surface area contributed by atoms with Crippen LogP contribution in [-0.2, 0) is 19.8 Å². The topological polar surface area (TPSA) is 71.8 Å². The summed E-state index contributed by atoms with van der Waals surface area (Å²) in [6.07, 6.45) is 5.64. The molecule has 1 aromatic carbocycles. The van der Waals surface area contributed by atoms with Crippen LogP contribution in [0.3, 0.4) is 0 Å². The molecule has 5 heterocycles. The number of benzene rings is 1. The molecule has 0 aliphatic carbocycles. The summed E-state index contributed by atoms with van der Waals surface area (Å²) in [5, 5.41) is 4.59. The van der Waals surface area contributed by atoms with Crippen LogP contribution in [0.4, 0.5) is 10.5 Å². The molecular weight excluding hydrogens is 506 g/mol. The van der Waals surface area contributed by atoms with Crippen LogP contribution in [0.5, 0.6) is 0 Å². The van der Waals surface area contributed by atoms with Gasteiger partial charge in [0.2, 0.25) is 0 Å². The summed E-state index contributed by atoms with van der Waals surface area (Å²) in [6, 6.07) is 13.8. The van der Waals surface area contributed by atoms with Crippen LogP contribution in [0.25, 0.3) is 16.6 Å². The van der Waals surface area contributed by atoms with Crippen molar-refractivity contribution in [2.24, 2.45) is 0 Å². The Kier molecular flexibility index (Phi) is 7.70. The molecule has 0 atom stereocenters. The van der Waals surface area contributed by atoms with Crippen molar-refractivity contribution in [3.05, 3.63) is 54.4 Å². The van der Waals surface area contributed by atoms with Gasteiger partial charge in [-0.25, -0.2) is 9.31 Å². The first-order valence-corrected chi connectivity index (χ1v) is 14.7. The number of nitrogens with zero attached hydrogens (tertiary/aromatic N) is 5. The Hall–Kier alpha value is -3.14. The largest absolute Gasteiger partial charge is 0.441 e. The second-order valence-electron chi connectivity index (χ2n) is 11.4. The molecule has 3 aliphatic heterocycles. The van der Waals surface area contributed by atoms with Gasteiger partial charge in [0.25, 0.3) is 0 Å². The number of piperidine rings is 1. The van der Waals surface area contributed by atoms with Gasteiger partial charge in [0.05, 0.1) is 30.0 Å². The smallest absolute Gasteiger partial charge is 0.410 e. The molecule has 3 fully saturated rings. The van der Waals surface area contributed by atoms with E-state index in [0.717, 1.165) is 55.8 Å². The average Bonchev–Trinajstić information content (AvgIpc) is 3.40. The Labute approximate surface area is 236 Å². The third-order valence-electron chi connectivity index (χ3n) is 8.74. The maximum atomic E-state index is 12.4. The highest BCUT2D eigenvalue weighted by Crippen LogP contribution is 2.38. The lowest BCUT2D eigenvalue weighted by atomic mass is 9.83. The zero-order valence-electron chi connectivity index (χ0n) is 23.9. The van der Waals surface area contributed by atoms with Gasteiger partial charge in [-0.1, -0.05) is 24.3 Å². The van der Waals surface area contributed by atoms with Gasteiger partial charge in [0, 0.05) is 69.9 Å². The molecule has 0 radical (unpaired) electrons. The predicted octanol–water partition coefficient (Wildman–Crippen LogP) is 4.39. The Bertz CT molecular complexity index is 1300. The highest BCUT2D eigenvalue weighted by Gasteiger charge is 2.37. The molecule has 40 heavy (non-hydrogen) atoms. The molecule has 0 unspecified atom stereocenters. The Morgan fingerprint density at radius 3 is 2.38 bits per heavy atom. The number of carbonyl (C=O) groups is 1. The zero-order chi connectivity index (χ0) is 27.7. The molecule has 1 amide bonds. The number of carbonyl (C=O) groups excluding carboxylic acids is 1. The molecule has 9 heteroatoms. The first kappa shape index (κ1) is 27.1. The lowest BCUT2D eigenvalue weighted by molar-refractivity contribution is -0.104. The van der Waals surface area contributed by atoms with Gasteiger partial charge in [-0.2, -0.15) is 5.10 Å². The number of rotatable bonds is 7. The Morgan fingerprint density at radius 2 is 1.75 bits per heavy atom. The van der Waals surface area contributed by atoms with E-state index in [9.17, 15) is 4.79 Å².